The number of primary amides is 1. The highest BCUT2D eigenvalue weighted by atomic mass is 32.1. The Labute approximate surface area is 210 Å². The smallest absolute Gasteiger partial charge is 0.365 e. The summed E-state index contributed by atoms with van der Waals surface area (Å²) in [5.41, 5.74) is 4.96. The van der Waals surface area contributed by atoms with Crippen molar-refractivity contribution < 1.29 is 27.7 Å². The fourth-order valence-corrected chi connectivity index (χ4v) is 4.68. The van der Waals surface area contributed by atoms with Gasteiger partial charge in [-0.25, -0.2) is 4.98 Å². The Hall–Kier alpha value is -4.34. The Bertz CT molecular complexity index is 1560. The highest BCUT2D eigenvalue weighted by Crippen LogP contribution is 2.44. The lowest BCUT2D eigenvalue weighted by molar-refractivity contribution is -0.385. The summed E-state index contributed by atoms with van der Waals surface area (Å²) in [5.74, 6) is -2.38. The summed E-state index contributed by atoms with van der Waals surface area (Å²) in [5, 5.41) is 21.5. The monoisotopic (exact) mass is 536 g/mol. The number of nitrogens with zero attached hydrogens (tertiary/aromatic N) is 6. The van der Waals surface area contributed by atoms with Gasteiger partial charge in [0.1, 0.15) is 27.8 Å². The minimum Gasteiger partial charge on any atom is -0.365 e. The van der Waals surface area contributed by atoms with E-state index in [-0.39, 0.29) is 38.6 Å². The Kier molecular flexibility index (Phi) is 6.45. The zero-order valence-electron chi connectivity index (χ0n) is 19.5. The lowest BCUT2D eigenvalue weighted by Gasteiger charge is -2.14. The van der Waals surface area contributed by atoms with Crippen LogP contribution in [0.4, 0.5) is 24.5 Å². The molecule has 4 aromatic heterocycles. The van der Waals surface area contributed by atoms with Crippen LogP contribution >= 0.6 is 11.3 Å². The van der Waals surface area contributed by atoms with E-state index in [2.05, 4.69) is 20.5 Å². The molecule has 2 amide bonds. The molecule has 12 nitrogen and oxygen atoms in total. The molecule has 37 heavy (non-hydrogen) atoms. The van der Waals surface area contributed by atoms with Gasteiger partial charge in [-0.15, -0.1) is 11.3 Å². The van der Waals surface area contributed by atoms with Gasteiger partial charge < -0.3 is 11.1 Å². The molecule has 0 saturated carbocycles. The van der Waals surface area contributed by atoms with E-state index in [9.17, 15) is 32.9 Å². The van der Waals surface area contributed by atoms with Crippen molar-refractivity contribution in [1.82, 2.24) is 24.5 Å². The number of aromatic nitrogens is 5. The standard InChI is InChI=1S/C21H19F3N8O4S/c1-9(7-31-8-11(5-27-31)32(35)36)19(34)29-16-15-12(13-6-26-30(3)10(13)2)4-14(21(22,23)24)28-20(15)37-17(16)18(25)33/h4-6,8-9H,7H2,1-3H3,(H2,25,33)(H,29,34). The second-order valence-electron chi connectivity index (χ2n) is 8.24. The third kappa shape index (κ3) is 4.87. The molecule has 0 spiro atoms. The predicted octanol–water partition coefficient (Wildman–Crippen LogP) is 3.50. The number of alkyl halides is 3. The molecule has 1 unspecified atom stereocenters. The molecule has 0 saturated heterocycles. The molecule has 16 heteroatoms. The van der Waals surface area contributed by atoms with Gasteiger partial charge >= 0.3 is 11.9 Å². The zero-order chi connectivity index (χ0) is 27.2. The molecule has 4 rings (SSSR count). The van der Waals surface area contributed by atoms with Crippen LogP contribution in [0.15, 0.2) is 24.7 Å². The van der Waals surface area contributed by atoms with E-state index in [0.29, 0.717) is 22.6 Å². The first kappa shape index (κ1) is 25.7. The molecule has 4 heterocycles. The van der Waals surface area contributed by atoms with Crippen LogP contribution in [0.2, 0.25) is 0 Å². The van der Waals surface area contributed by atoms with E-state index in [1.807, 2.05) is 0 Å². The molecule has 194 valence electrons. The fraction of sp³-hybridized carbons (Fsp3) is 0.286. The first-order chi connectivity index (χ1) is 17.3. The molecule has 3 N–H and O–H groups in total. The van der Waals surface area contributed by atoms with Crippen LogP contribution in [-0.2, 0) is 24.6 Å². The van der Waals surface area contributed by atoms with Crippen LogP contribution in [-0.4, -0.2) is 41.3 Å². The van der Waals surface area contributed by atoms with Crippen molar-refractivity contribution in [3.05, 3.63) is 51.0 Å². The van der Waals surface area contributed by atoms with Crippen molar-refractivity contribution in [3.8, 4) is 11.1 Å². The lowest BCUT2D eigenvalue weighted by Crippen LogP contribution is -2.25. The summed E-state index contributed by atoms with van der Waals surface area (Å²) in [4.78, 5) is 38.9. The number of nitrogens with two attached hydrogens (primary N) is 1. The number of aryl methyl sites for hydroxylation is 1. The number of carbonyl (C=O) groups excluding carboxylic acids is 2. The minimum absolute atomic E-state index is 0.0430. The summed E-state index contributed by atoms with van der Waals surface area (Å²) in [6, 6.07) is 0.839. The quantitative estimate of drug-likeness (QED) is 0.270. The molecule has 4 aromatic rings. The van der Waals surface area contributed by atoms with Crippen LogP contribution in [0.1, 0.15) is 28.0 Å². The molecule has 0 aliphatic carbocycles. The topological polar surface area (TPSA) is 164 Å². The number of fused-ring (bicyclic) bond motifs is 1. The van der Waals surface area contributed by atoms with Gasteiger partial charge in [-0.1, -0.05) is 6.92 Å². The number of nitro groups is 1. The second-order valence-corrected chi connectivity index (χ2v) is 9.24. The Morgan fingerprint density at radius 1 is 1.27 bits per heavy atom. The Morgan fingerprint density at radius 2 is 1.97 bits per heavy atom. The van der Waals surface area contributed by atoms with E-state index in [0.717, 1.165) is 18.5 Å². The van der Waals surface area contributed by atoms with Gasteiger partial charge in [0, 0.05) is 23.7 Å². The van der Waals surface area contributed by atoms with Gasteiger partial charge in [0.15, 0.2) is 0 Å². The SMILES string of the molecule is Cc1c(-c2cc(C(F)(F)F)nc3sc(C(N)=O)c(NC(=O)C(C)Cn4cc([N+](=O)[O-])cn4)c23)cnn1C. The molecular weight excluding hydrogens is 517 g/mol. The number of pyridine rings is 1. The third-order valence-electron chi connectivity index (χ3n) is 5.69. The van der Waals surface area contributed by atoms with E-state index in [4.69, 9.17) is 5.73 Å². The summed E-state index contributed by atoms with van der Waals surface area (Å²) < 4.78 is 43.7. The number of nitrogens with one attached hydrogen (secondary N) is 1. The normalized spacial score (nSPS) is 12.6. The minimum atomic E-state index is -4.78. The van der Waals surface area contributed by atoms with Crippen molar-refractivity contribution >= 4 is 44.7 Å². The van der Waals surface area contributed by atoms with E-state index < -0.39 is 34.5 Å². The average molecular weight is 536 g/mol. The summed E-state index contributed by atoms with van der Waals surface area (Å²) in [7, 11) is 1.62. The number of halogens is 3. The molecule has 0 bridgehead atoms. The number of rotatable bonds is 7. The van der Waals surface area contributed by atoms with Crippen molar-refractivity contribution in [3.63, 3.8) is 0 Å². The average Bonchev–Trinajstić information content (AvgIpc) is 3.51. The van der Waals surface area contributed by atoms with Crippen LogP contribution < -0.4 is 11.1 Å². The van der Waals surface area contributed by atoms with Crippen molar-refractivity contribution in [1.29, 1.82) is 0 Å². The van der Waals surface area contributed by atoms with E-state index in [1.54, 1.807) is 14.0 Å². The maximum absolute atomic E-state index is 13.7. The number of thiophene rings is 1. The first-order valence-electron chi connectivity index (χ1n) is 10.6. The summed E-state index contributed by atoms with van der Waals surface area (Å²) in [6.45, 7) is 3.14. The molecule has 0 fully saturated rings. The predicted molar refractivity (Wildman–Crippen MR) is 127 cm³/mol. The van der Waals surface area contributed by atoms with Gasteiger partial charge in [-0.05, 0) is 18.6 Å². The van der Waals surface area contributed by atoms with Gasteiger partial charge in [0.05, 0.1) is 29.3 Å². The number of anilines is 1. The number of hydrogen-bond acceptors (Lipinski definition) is 8. The van der Waals surface area contributed by atoms with E-state index >= 15 is 0 Å². The number of carbonyl (C=O) groups is 2. The molecular formula is C21H19F3N8O4S. The van der Waals surface area contributed by atoms with Gasteiger partial charge in [-0.3, -0.25) is 29.1 Å². The second kappa shape index (κ2) is 9.27. The summed E-state index contributed by atoms with van der Waals surface area (Å²) >= 11 is 0.628. The first-order valence-corrected chi connectivity index (χ1v) is 11.4. The molecule has 1 atom stereocenters. The van der Waals surface area contributed by atoms with Gasteiger partial charge in [0.2, 0.25) is 5.91 Å². The Balaban J connectivity index is 1.82. The lowest BCUT2D eigenvalue weighted by atomic mass is 10.0. The van der Waals surface area contributed by atoms with Crippen LogP contribution in [0, 0.1) is 23.0 Å². The van der Waals surface area contributed by atoms with E-state index in [1.165, 1.54) is 22.5 Å². The van der Waals surface area contributed by atoms with Crippen molar-refractivity contribution in [2.24, 2.45) is 18.7 Å². The van der Waals surface area contributed by atoms with Gasteiger partial charge in [-0.2, -0.15) is 23.4 Å². The zero-order valence-corrected chi connectivity index (χ0v) is 20.3. The van der Waals surface area contributed by atoms with Crippen molar-refractivity contribution in [2.45, 2.75) is 26.6 Å². The molecule has 0 aliphatic rings. The molecule has 0 aliphatic heterocycles. The maximum Gasteiger partial charge on any atom is 0.433 e. The highest BCUT2D eigenvalue weighted by Gasteiger charge is 2.35. The number of amides is 2. The highest BCUT2D eigenvalue weighted by molar-refractivity contribution is 7.21. The molecule has 0 radical (unpaired) electrons. The maximum atomic E-state index is 13.7. The summed E-state index contributed by atoms with van der Waals surface area (Å²) in [6.07, 6.45) is -1.20. The molecule has 0 aromatic carbocycles. The van der Waals surface area contributed by atoms with Crippen LogP contribution in [0.25, 0.3) is 21.3 Å². The fourth-order valence-electron chi connectivity index (χ4n) is 3.67. The Morgan fingerprint density at radius 3 is 2.51 bits per heavy atom. The van der Waals surface area contributed by atoms with Crippen LogP contribution in [0.5, 0.6) is 0 Å². The van der Waals surface area contributed by atoms with Gasteiger partial charge in [0.25, 0.3) is 5.91 Å². The van der Waals surface area contributed by atoms with Crippen LogP contribution in [0.3, 0.4) is 0 Å². The number of hydrogen-bond donors (Lipinski definition) is 2. The third-order valence-corrected chi connectivity index (χ3v) is 6.79. The largest absolute Gasteiger partial charge is 0.433 e. The van der Waals surface area contributed by atoms with Crippen molar-refractivity contribution in [2.75, 3.05) is 5.32 Å².